The quantitative estimate of drug-likeness (QED) is 0.734. The fourth-order valence-electron chi connectivity index (χ4n) is 2.56. The molecule has 5 nitrogen and oxygen atoms in total. The first kappa shape index (κ1) is 18.9. The van der Waals surface area contributed by atoms with Crippen LogP contribution < -0.4 is 4.90 Å². The standard InChI is InChI=1S/C20H28N4O/c1-5-6-12-23(4)20-21-13-18(14-22-20)19(25)24(16(2)3)15-17-10-8-7-9-11-17/h7-11,13-14,16H,5-6,12,15H2,1-4H3. The van der Waals surface area contributed by atoms with Crippen LogP contribution in [0.2, 0.25) is 0 Å². The molecular weight excluding hydrogens is 312 g/mol. The Morgan fingerprint density at radius 2 is 1.76 bits per heavy atom. The van der Waals surface area contributed by atoms with Crippen LogP contribution in [0.3, 0.4) is 0 Å². The molecule has 0 atom stereocenters. The number of carbonyl (C=O) groups excluding carboxylic acids is 1. The van der Waals surface area contributed by atoms with Crippen molar-refractivity contribution in [3.05, 3.63) is 53.9 Å². The molecule has 0 N–H and O–H groups in total. The van der Waals surface area contributed by atoms with Gasteiger partial charge in [-0.3, -0.25) is 4.79 Å². The van der Waals surface area contributed by atoms with Gasteiger partial charge >= 0.3 is 0 Å². The molecule has 0 unspecified atom stereocenters. The van der Waals surface area contributed by atoms with Gasteiger partial charge in [0, 0.05) is 38.6 Å². The number of benzene rings is 1. The van der Waals surface area contributed by atoms with Crippen LogP contribution in [0.25, 0.3) is 0 Å². The molecule has 2 rings (SSSR count). The van der Waals surface area contributed by atoms with E-state index in [4.69, 9.17) is 0 Å². The third-order valence-electron chi connectivity index (χ3n) is 4.15. The van der Waals surface area contributed by atoms with Gasteiger partial charge in [0.2, 0.25) is 5.95 Å². The average Bonchev–Trinajstić information content (AvgIpc) is 2.64. The number of nitrogens with zero attached hydrogens (tertiary/aromatic N) is 4. The number of hydrogen-bond donors (Lipinski definition) is 0. The van der Waals surface area contributed by atoms with Crippen molar-refractivity contribution in [3.8, 4) is 0 Å². The van der Waals surface area contributed by atoms with Crippen molar-refractivity contribution in [3.63, 3.8) is 0 Å². The summed E-state index contributed by atoms with van der Waals surface area (Å²) in [7, 11) is 1.97. The zero-order valence-corrected chi connectivity index (χ0v) is 15.6. The first-order valence-electron chi connectivity index (χ1n) is 8.91. The highest BCUT2D eigenvalue weighted by molar-refractivity contribution is 5.93. The summed E-state index contributed by atoms with van der Waals surface area (Å²) in [4.78, 5) is 25.5. The summed E-state index contributed by atoms with van der Waals surface area (Å²) in [5.41, 5.74) is 1.64. The van der Waals surface area contributed by atoms with Gasteiger partial charge in [-0.05, 0) is 25.8 Å². The van der Waals surface area contributed by atoms with Crippen molar-refractivity contribution < 1.29 is 4.79 Å². The van der Waals surface area contributed by atoms with E-state index in [1.54, 1.807) is 12.4 Å². The van der Waals surface area contributed by atoms with E-state index in [2.05, 4.69) is 16.9 Å². The number of anilines is 1. The van der Waals surface area contributed by atoms with E-state index < -0.39 is 0 Å². The predicted molar refractivity (Wildman–Crippen MR) is 102 cm³/mol. The summed E-state index contributed by atoms with van der Waals surface area (Å²) in [5.74, 6) is 0.616. The summed E-state index contributed by atoms with van der Waals surface area (Å²) in [6.45, 7) is 7.69. The van der Waals surface area contributed by atoms with Crippen LogP contribution in [0, 0.1) is 0 Å². The Bertz CT molecular complexity index is 655. The maximum Gasteiger partial charge on any atom is 0.257 e. The topological polar surface area (TPSA) is 49.3 Å². The molecule has 0 spiro atoms. The van der Waals surface area contributed by atoms with Crippen LogP contribution in [0.1, 0.15) is 49.5 Å². The Labute approximate surface area is 150 Å². The largest absolute Gasteiger partial charge is 0.344 e. The molecule has 0 aliphatic carbocycles. The normalized spacial score (nSPS) is 10.8. The van der Waals surface area contributed by atoms with Crippen LogP contribution in [0.15, 0.2) is 42.7 Å². The second kappa shape index (κ2) is 9.16. The van der Waals surface area contributed by atoms with E-state index in [-0.39, 0.29) is 11.9 Å². The minimum Gasteiger partial charge on any atom is -0.344 e. The minimum atomic E-state index is -0.0402. The van der Waals surface area contributed by atoms with Gasteiger partial charge in [0.05, 0.1) is 5.56 Å². The fraction of sp³-hybridized carbons (Fsp3) is 0.450. The third-order valence-corrected chi connectivity index (χ3v) is 4.15. The monoisotopic (exact) mass is 340 g/mol. The molecule has 0 aliphatic heterocycles. The fourth-order valence-corrected chi connectivity index (χ4v) is 2.56. The highest BCUT2D eigenvalue weighted by atomic mass is 16.2. The first-order valence-corrected chi connectivity index (χ1v) is 8.91. The lowest BCUT2D eigenvalue weighted by molar-refractivity contribution is 0.0689. The lowest BCUT2D eigenvalue weighted by Crippen LogP contribution is -2.36. The van der Waals surface area contributed by atoms with Gasteiger partial charge in [0.15, 0.2) is 0 Å². The van der Waals surface area contributed by atoms with Crippen LogP contribution in [-0.2, 0) is 6.54 Å². The van der Waals surface area contributed by atoms with Crippen LogP contribution >= 0.6 is 0 Å². The van der Waals surface area contributed by atoms with Crippen molar-refractivity contribution in [2.24, 2.45) is 0 Å². The highest BCUT2D eigenvalue weighted by Crippen LogP contribution is 2.14. The number of hydrogen-bond acceptors (Lipinski definition) is 4. The van der Waals surface area contributed by atoms with Gasteiger partial charge in [-0.15, -0.1) is 0 Å². The van der Waals surface area contributed by atoms with E-state index in [1.165, 1.54) is 0 Å². The highest BCUT2D eigenvalue weighted by Gasteiger charge is 2.20. The summed E-state index contributed by atoms with van der Waals surface area (Å²) in [6.07, 6.45) is 5.49. The van der Waals surface area contributed by atoms with E-state index in [1.807, 2.05) is 61.0 Å². The second-order valence-corrected chi connectivity index (χ2v) is 6.56. The minimum absolute atomic E-state index is 0.0402. The summed E-state index contributed by atoms with van der Waals surface area (Å²) >= 11 is 0. The Morgan fingerprint density at radius 3 is 2.32 bits per heavy atom. The van der Waals surface area contributed by atoms with Crippen LogP contribution in [0.4, 0.5) is 5.95 Å². The number of rotatable bonds is 8. The van der Waals surface area contributed by atoms with E-state index in [0.29, 0.717) is 18.1 Å². The Balaban J connectivity index is 2.11. The van der Waals surface area contributed by atoms with Crippen molar-refractivity contribution in [1.82, 2.24) is 14.9 Å². The van der Waals surface area contributed by atoms with Crippen molar-refractivity contribution >= 4 is 11.9 Å². The molecule has 0 saturated heterocycles. The molecule has 2 aromatic rings. The molecule has 1 aromatic heterocycles. The molecule has 0 fully saturated rings. The summed E-state index contributed by atoms with van der Waals surface area (Å²) in [5, 5.41) is 0. The molecule has 0 saturated carbocycles. The first-order chi connectivity index (χ1) is 12.0. The molecule has 1 aromatic carbocycles. The summed E-state index contributed by atoms with van der Waals surface area (Å²) in [6, 6.07) is 10.1. The van der Waals surface area contributed by atoms with Crippen molar-refractivity contribution in [2.45, 2.75) is 46.2 Å². The Hall–Kier alpha value is -2.43. The molecule has 0 aliphatic rings. The Kier molecular flexibility index (Phi) is 6.92. The smallest absolute Gasteiger partial charge is 0.257 e. The number of carbonyl (C=O) groups is 1. The number of amides is 1. The van der Waals surface area contributed by atoms with Crippen LogP contribution in [0.5, 0.6) is 0 Å². The van der Waals surface area contributed by atoms with Crippen molar-refractivity contribution in [2.75, 3.05) is 18.5 Å². The molecule has 134 valence electrons. The maximum absolute atomic E-state index is 12.9. The molecule has 5 heteroatoms. The van der Waals surface area contributed by atoms with Crippen LogP contribution in [-0.4, -0.2) is 40.4 Å². The molecule has 1 heterocycles. The van der Waals surface area contributed by atoms with Gasteiger partial charge in [-0.1, -0.05) is 43.7 Å². The SMILES string of the molecule is CCCCN(C)c1ncc(C(=O)N(Cc2ccccc2)C(C)C)cn1. The second-order valence-electron chi connectivity index (χ2n) is 6.56. The predicted octanol–water partition coefficient (Wildman–Crippen LogP) is 3.76. The van der Waals surface area contributed by atoms with E-state index >= 15 is 0 Å². The lowest BCUT2D eigenvalue weighted by atomic mass is 10.1. The maximum atomic E-state index is 12.9. The zero-order chi connectivity index (χ0) is 18.2. The number of unbranched alkanes of at least 4 members (excludes halogenated alkanes) is 1. The van der Waals surface area contributed by atoms with E-state index in [9.17, 15) is 4.79 Å². The molecule has 0 radical (unpaired) electrons. The lowest BCUT2D eigenvalue weighted by Gasteiger charge is -2.27. The number of aromatic nitrogens is 2. The van der Waals surface area contributed by atoms with Gasteiger partial charge in [-0.2, -0.15) is 0 Å². The third kappa shape index (κ3) is 5.28. The van der Waals surface area contributed by atoms with Crippen molar-refractivity contribution in [1.29, 1.82) is 0 Å². The van der Waals surface area contributed by atoms with Gasteiger partial charge in [0.1, 0.15) is 0 Å². The van der Waals surface area contributed by atoms with Gasteiger partial charge < -0.3 is 9.80 Å². The molecule has 1 amide bonds. The van der Waals surface area contributed by atoms with E-state index in [0.717, 1.165) is 24.9 Å². The molecular formula is C20H28N4O. The zero-order valence-electron chi connectivity index (χ0n) is 15.6. The molecule has 25 heavy (non-hydrogen) atoms. The molecule has 0 bridgehead atoms. The summed E-state index contributed by atoms with van der Waals surface area (Å²) < 4.78 is 0. The van der Waals surface area contributed by atoms with Gasteiger partial charge in [-0.25, -0.2) is 9.97 Å². The van der Waals surface area contributed by atoms with Gasteiger partial charge in [0.25, 0.3) is 5.91 Å². The Morgan fingerprint density at radius 1 is 1.12 bits per heavy atom. The average molecular weight is 340 g/mol.